The number of hydrogen-bond donors (Lipinski definition) is 0. The Kier molecular flexibility index (Phi) is 10.9. The van der Waals surface area contributed by atoms with Gasteiger partial charge in [0.1, 0.15) is 16.7 Å². The molecule has 4 heteroatoms. The van der Waals surface area contributed by atoms with E-state index in [9.17, 15) is 0 Å². The van der Waals surface area contributed by atoms with Gasteiger partial charge < -0.3 is 18.6 Å². The number of para-hydroxylation sites is 2. The molecule has 0 atom stereocenters. The highest BCUT2D eigenvalue weighted by Crippen LogP contribution is 2.53. The number of benzene rings is 12. The second kappa shape index (κ2) is 18.5. The van der Waals surface area contributed by atoms with E-state index in [1.165, 1.54) is 44.5 Å². The van der Waals surface area contributed by atoms with Gasteiger partial charge in [-0.3, -0.25) is 0 Å². The van der Waals surface area contributed by atoms with E-state index in [0.29, 0.717) is 11.8 Å². The Hall–Kier alpha value is -9.64. The van der Waals surface area contributed by atoms with Gasteiger partial charge in [-0.2, -0.15) is 0 Å². The molecule has 2 heterocycles. The summed E-state index contributed by atoms with van der Waals surface area (Å²) in [5.41, 5.74) is 22.2. The summed E-state index contributed by atoms with van der Waals surface area (Å²) in [6, 6.07) is 88.7. The maximum Gasteiger partial charge on any atom is 0.159 e. The van der Waals surface area contributed by atoms with Gasteiger partial charge in [0.05, 0.1) is 22.7 Å². The Bertz CT molecular complexity index is 4680. The molecule has 0 saturated heterocycles. The molecule has 12 aromatic carbocycles. The largest absolute Gasteiger partial charge is 0.456 e. The molecule has 0 saturated carbocycles. The summed E-state index contributed by atoms with van der Waals surface area (Å²) in [5.74, 6) is 0.781. The van der Waals surface area contributed by atoms with Gasteiger partial charge in [-0.25, -0.2) is 0 Å². The third-order valence-electron chi connectivity index (χ3n) is 16.7. The zero-order valence-corrected chi connectivity index (χ0v) is 44.7. The average Bonchev–Trinajstić information content (AvgIpc) is 4.31. The van der Waals surface area contributed by atoms with E-state index in [0.717, 1.165) is 117 Å². The van der Waals surface area contributed by atoms with Crippen LogP contribution in [-0.4, -0.2) is 0 Å². The van der Waals surface area contributed by atoms with Gasteiger partial charge in [-0.05, 0) is 109 Å². The molecule has 0 spiro atoms. The number of rotatable bonds is 10. The van der Waals surface area contributed by atoms with Crippen molar-refractivity contribution in [2.75, 3.05) is 9.80 Å². The van der Waals surface area contributed by atoms with Crippen molar-refractivity contribution in [2.45, 2.75) is 46.0 Å². The van der Waals surface area contributed by atoms with Crippen molar-refractivity contribution >= 4 is 99.5 Å². The highest BCUT2D eigenvalue weighted by molar-refractivity contribution is 6.30. The molecule has 0 radical (unpaired) electrons. The maximum absolute atomic E-state index is 7.43. The number of fused-ring (bicyclic) bond motifs is 13. The molecule has 2 aromatic heterocycles. The lowest BCUT2D eigenvalue weighted by Crippen LogP contribution is -2.13. The van der Waals surface area contributed by atoms with E-state index in [1.54, 1.807) is 0 Å². The van der Waals surface area contributed by atoms with E-state index in [2.05, 4.69) is 280 Å². The van der Waals surface area contributed by atoms with Crippen LogP contribution in [0.1, 0.15) is 61.8 Å². The first-order valence-electron chi connectivity index (χ1n) is 27.8. The van der Waals surface area contributed by atoms with Gasteiger partial charge in [-0.15, -0.1) is 0 Å². The van der Waals surface area contributed by atoms with Crippen molar-refractivity contribution < 1.29 is 8.83 Å². The molecule has 0 aliphatic heterocycles. The van der Waals surface area contributed by atoms with Crippen LogP contribution in [0.3, 0.4) is 0 Å². The molecular formula is C75H56N2O2. The van der Waals surface area contributed by atoms with Crippen LogP contribution in [0.5, 0.6) is 0 Å². The Morgan fingerprint density at radius 2 is 0.734 bits per heavy atom. The first kappa shape index (κ1) is 46.6. The molecule has 1 aliphatic carbocycles. The van der Waals surface area contributed by atoms with Gasteiger partial charge in [0.15, 0.2) is 5.58 Å². The summed E-state index contributed by atoms with van der Waals surface area (Å²) in [7, 11) is 0. The highest BCUT2D eigenvalue weighted by atomic mass is 16.3. The van der Waals surface area contributed by atoms with Gasteiger partial charge >= 0.3 is 0 Å². The van der Waals surface area contributed by atoms with Crippen molar-refractivity contribution in [3.8, 4) is 33.4 Å². The van der Waals surface area contributed by atoms with Gasteiger partial charge in [-0.1, -0.05) is 222 Å². The van der Waals surface area contributed by atoms with Crippen LogP contribution in [0, 0.1) is 0 Å². The first-order valence-corrected chi connectivity index (χ1v) is 27.8. The number of nitrogens with zero attached hydrogens (tertiary/aromatic N) is 2. The SMILES string of the molecule is CC(C)c1ccc(N(c2cccc3c2Cc2c(-c4ccccc4)cccc2-3)c2cc3oc4cc(N(c5ccc(C(C)C)cc5)c5cccc6c5oc5c(-c7ccccc7)cccc56)c5ccccc5c4c3c3ccccc23)cc1. The third-order valence-corrected chi connectivity index (χ3v) is 16.7. The Labute approximate surface area is 460 Å². The van der Waals surface area contributed by atoms with Crippen LogP contribution in [0.2, 0.25) is 0 Å². The highest BCUT2D eigenvalue weighted by Gasteiger charge is 2.30. The lowest BCUT2D eigenvalue weighted by Gasteiger charge is -2.29. The van der Waals surface area contributed by atoms with Crippen LogP contribution in [-0.2, 0) is 6.42 Å². The van der Waals surface area contributed by atoms with Gasteiger partial charge in [0.25, 0.3) is 0 Å². The lowest BCUT2D eigenvalue weighted by atomic mass is 9.96. The summed E-state index contributed by atoms with van der Waals surface area (Å²) >= 11 is 0. The van der Waals surface area contributed by atoms with E-state index in [1.807, 2.05) is 0 Å². The fourth-order valence-electron chi connectivity index (χ4n) is 12.8. The predicted molar refractivity (Wildman–Crippen MR) is 333 cm³/mol. The van der Waals surface area contributed by atoms with Crippen molar-refractivity contribution in [3.05, 3.63) is 265 Å². The Morgan fingerprint density at radius 1 is 0.316 bits per heavy atom. The summed E-state index contributed by atoms with van der Waals surface area (Å²) in [6.07, 6.45) is 0.818. The van der Waals surface area contributed by atoms with Crippen LogP contribution in [0.4, 0.5) is 34.1 Å². The first-order chi connectivity index (χ1) is 38.9. The van der Waals surface area contributed by atoms with E-state index < -0.39 is 0 Å². The van der Waals surface area contributed by atoms with Crippen molar-refractivity contribution in [3.63, 3.8) is 0 Å². The Morgan fingerprint density at radius 3 is 1.30 bits per heavy atom. The normalized spacial score (nSPS) is 12.2. The molecule has 15 rings (SSSR count). The average molecular weight is 1020 g/mol. The molecule has 0 amide bonds. The number of anilines is 6. The monoisotopic (exact) mass is 1020 g/mol. The molecule has 0 fully saturated rings. The minimum absolute atomic E-state index is 0.382. The standard InChI is InChI=1S/C75H56N2O2/c1-46(2)48-35-39-52(40-36-48)76(66-33-17-30-57-56-29-15-27-54(64(56)43-65(57)66)50-19-7-5-8-20-50)68-44-70-72(60-25-13-11-23-58(60)68)73-61-26-14-12-24-59(61)69(45-71(73)78-70)77(53-41-37-49(38-42-53)47(3)4)67-34-18-32-63-62-31-16-28-55(74(62)79-75(63)67)51-21-9-6-10-22-51/h5-42,44-47H,43H2,1-4H3. The molecule has 4 nitrogen and oxygen atoms in total. The summed E-state index contributed by atoms with van der Waals surface area (Å²) in [5, 5.41) is 8.86. The van der Waals surface area contributed by atoms with Crippen LogP contribution in [0.15, 0.2) is 251 Å². The Balaban J connectivity index is 0.967. The van der Waals surface area contributed by atoms with E-state index in [-0.39, 0.29) is 0 Å². The number of hydrogen-bond acceptors (Lipinski definition) is 4. The van der Waals surface area contributed by atoms with Gasteiger partial charge in [0.2, 0.25) is 0 Å². The molecule has 14 aromatic rings. The van der Waals surface area contributed by atoms with E-state index in [4.69, 9.17) is 8.83 Å². The van der Waals surface area contributed by atoms with Crippen LogP contribution in [0.25, 0.3) is 98.8 Å². The lowest BCUT2D eigenvalue weighted by molar-refractivity contribution is 0.668. The molecule has 1 aliphatic rings. The second-order valence-corrected chi connectivity index (χ2v) is 21.9. The zero-order chi connectivity index (χ0) is 52.9. The smallest absolute Gasteiger partial charge is 0.159 e. The molecule has 0 bridgehead atoms. The summed E-state index contributed by atoms with van der Waals surface area (Å²) < 4.78 is 14.6. The van der Waals surface area contributed by atoms with Crippen molar-refractivity contribution in [1.29, 1.82) is 0 Å². The summed E-state index contributed by atoms with van der Waals surface area (Å²) in [4.78, 5) is 4.88. The van der Waals surface area contributed by atoms with Crippen molar-refractivity contribution in [2.24, 2.45) is 0 Å². The van der Waals surface area contributed by atoms with Gasteiger partial charge in [0, 0.05) is 67.8 Å². The quantitative estimate of drug-likeness (QED) is 0.137. The topological polar surface area (TPSA) is 32.8 Å². The molecule has 0 N–H and O–H groups in total. The van der Waals surface area contributed by atoms with Crippen LogP contribution >= 0.6 is 0 Å². The minimum atomic E-state index is 0.382. The molecular weight excluding hydrogens is 961 g/mol. The maximum atomic E-state index is 7.43. The predicted octanol–water partition coefficient (Wildman–Crippen LogP) is 21.9. The van der Waals surface area contributed by atoms with Crippen LogP contribution < -0.4 is 9.80 Å². The third kappa shape index (κ3) is 7.50. The van der Waals surface area contributed by atoms with Crippen molar-refractivity contribution in [1.82, 2.24) is 0 Å². The molecule has 79 heavy (non-hydrogen) atoms. The minimum Gasteiger partial charge on any atom is -0.456 e. The zero-order valence-electron chi connectivity index (χ0n) is 44.7. The molecule has 378 valence electrons. The fraction of sp³-hybridized carbons (Fsp3) is 0.0933. The summed E-state index contributed by atoms with van der Waals surface area (Å²) in [6.45, 7) is 9.02. The molecule has 0 unspecified atom stereocenters. The second-order valence-electron chi connectivity index (χ2n) is 21.9. The number of furan rings is 2. The fourth-order valence-corrected chi connectivity index (χ4v) is 12.8. The van der Waals surface area contributed by atoms with E-state index >= 15 is 0 Å².